The van der Waals surface area contributed by atoms with Crippen LogP contribution in [-0.4, -0.2) is 14.0 Å². The van der Waals surface area contributed by atoms with E-state index >= 15 is 0 Å². The Hall–Kier alpha value is -1.77. The summed E-state index contributed by atoms with van der Waals surface area (Å²) in [7, 11) is 2.05. The lowest BCUT2D eigenvalue weighted by atomic mass is 10.3. The van der Waals surface area contributed by atoms with E-state index < -0.39 is 0 Å². The molecule has 3 heteroatoms. The zero-order valence-electron chi connectivity index (χ0n) is 8.23. The number of benzene rings is 1. The summed E-state index contributed by atoms with van der Waals surface area (Å²) in [5.74, 6) is 1.00. The highest BCUT2D eigenvalue weighted by molar-refractivity contribution is 5.80. The lowest BCUT2D eigenvalue weighted by Crippen LogP contribution is -1.87. The Morgan fingerprint density at radius 1 is 1.14 bits per heavy atom. The number of aryl methyl sites for hydroxylation is 2. The van der Waals surface area contributed by atoms with E-state index in [1.54, 1.807) is 0 Å². The molecule has 0 fully saturated rings. The van der Waals surface area contributed by atoms with Crippen molar-refractivity contribution in [2.45, 2.75) is 6.92 Å². The first-order valence-electron chi connectivity index (χ1n) is 4.66. The van der Waals surface area contributed by atoms with E-state index in [4.69, 9.17) is 0 Å². The van der Waals surface area contributed by atoms with Crippen molar-refractivity contribution in [1.82, 2.24) is 14.0 Å². The quantitative estimate of drug-likeness (QED) is 0.526. The molecule has 3 aromatic rings. The smallest absolute Gasteiger partial charge is 0.214 e. The second kappa shape index (κ2) is 2.38. The second-order valence-electron chi connectivity index (χ2n) is 3.60. The maximum Gasteiger partial charge on any atom is 0.214 e. The molecule has 0 unspecified atom stereocenters. The van der Waals surface area contributed by atoms with E-state index in [9.17, 15) is 0 Å². The molecule has 0 spiro atoms. The van der Waals surface area contributed by atoms with Crippen molar-refractivity contribution in [1.29, 1.82) is 0 Å². The van der Waals surface area contributed by atoms with Gasteiger partial charge in [-0.25, -0.2) is 4.98 Å². The summed E-state index contributed by atoms with van der Waals surface area (Å²) in [5, 5.41) is 0. The molecule has 14 heavy (non-hydrogen) atoms. The topological polar surface area (TPSA) is 22.2 Å². The molecule has 2 heterocycles. The number of nitrogens with zero attached hydrogens (tertiary/aromatic N) is 3. The molecular weight excluding hydrogens is 174 g/mol. The predicted octanol–water partition coefficient (Wildman–Crippen LogP) is 2.13. The van der Waals surface area contributed by atoms with Gasteiger partial charge in [0.25, 0.3) is 0 Å². The Morgan fingerprint density at radius 2 is 1.86 bits per heavy atom. The summed E-state index contributed by atoms with van der Waals surface area (Å²) in [5.41, 5.74) is 3.49. The zero-order valence-corrected chi connectivity index (χ0v) is 8.23. The minimum atomic E-state index is 1.00. The maximum absolute atomic E-state index is 4.48. The minimum absolute atomic E-state index is 1.00. The predicted molar refractivity (Wildman–Crippen MR) is 56.4 cm³/mol. The number of para-hydroxylation sites is 2. The van der Waals surface area contributed by atoms with E-state index in [0.29, 0.717) is 0 Å². The zero-order chi connectivity index (χ0) is 9.71. The summed E-state index contributed by atoms with van der Waals surface area (Å²) >= 11 is 0. The van der Waals surface area contributed by atoms with Crippen LogP contribution >= 0.6 is 0 Å². The summed E-state index contributed by atoms with van der Waals surface area (Å²) in [6, 6.07) is 8.33. The first-order valence-corrected chi connectivity index (χ1v) is 4.66. The summed E-state index contributed by atoms with van der Waals surface area (Å²) < 4.78 is 4.24. The summed E-state index contributed by atoms with van der Waals surface area (Å²) in [6.45, 7) is 2.02. The van der Waals surface area contributed by atoms with E-state index in [2.05, 4.69) is 44.4 Å². The van der Waals surface area contributed by atoms with Gasteiger partial charge in [-0.05, 0) is 19.1 Å². The highest BCUT2D eigenvalue weighted by Crippen LogP contribution is 2.18. The van der Waals surface area contributed by atoms with Crippen molar-refractivity contribution in [2.24, 2.45) is 7.05 Å². The average Bonchev–Trinajstić information content (AvgIpc) is 2.68. The molecule has 0 amide bonds. The Bertz CT molecular complexity index is 616. The van der Waals surface area contributed by atoms with Gasteiger partial charge in [-0.15, -0.1) is 0 Å². The van der Waals surface area contributed by atoms with Crippen molar-refractivity contribution in [3.05, 3.63) is 36.2 Å². The van der Waals surface area contributed by atoms with Crippen LogP contribution in [0.25, 0.3) is 16.8 Å². The third-order valence-corrected chi connectivity index (χ3v) is 2.61. The van der Waals surface area contributed by atoms with Gasteiger partial charge >= 0.3 is 0 Å². The molecule has 0 bridgehead atoms. The fourth-order valence-electron chi connectivity index (χ4n) is 1.96. The molecule has 0 N–H and O–H groups in total. The van der Waals surface area contributed by atoms with Gasteiger partial charge in [-0.1, -0.05) is 12.1 Å². The van der Waals surface area contributed by atoms with E-state index in [0.717, 1.165) is 11.5 Å². The number of rotatable bonds is 0. The molecule has 0 radical (unpaired) electrons. The lowest BCUT2D eigenvalue weighted by molar-refractivity contribution is 0.967. The third-order valence-electron chi connectivity index (χ3n) is 2.61. The molecule has 0 atom stereocenters. The van der Waals surface area contributed by atoms with Crippen molar-refractivity contribution < 1.29 is 0 Å². The van der Waals surface area contributed by atoms with Crippen LogP contribution in [0.3, 0.4) is 0 Å². The molecule has 0 aliphatic heterocycles. The summed E-state index contributed by atoms with van der Waals surface area (Å²) in [4.78, 5) is 4.48. The number of hydrogen-bond donors (Lipinski definition) is 0. The highest BCUT2D eigenvalue weighted by atomic mass is 15.2. The molecule has 70 valence electrons. The molecule has 0 saturated heterocycles. The van der Waals surface area contributed by atoms with Gasteiger partial charge in [-0.2, -0.15) is 0 Å². The third kappa shape index (κ3) is 0.789. The van der Waals surface area contributed by atoms with Crippen LogP contribution in [0.2, 0.25) is 0 Å². The molecule has 1 aromatic carbocycles. The van der Waals surface area contributed by atoms with Crippen LogP contribution in [-0.2, 0) is 7.05 Å². The summed E-state index contributed by atoms with van der Waals surface area (Å²) in [6.07, 6.45) is 2.07. The molecule has 0 aliphatic carbocycles. The fourth-order valence-corrected chi connectivity index (χ4v) is 1.96. The molecule has 3 nitrogen and oxygen atoms in total. The Morgan fingerprint density at radius 3 is 2.64 bits per heavy atom. The number of hydrogen-bond acceptors (Lipinski definition) is 1. The normalized spacial score (nSPS) is 11.6. The van der Waals surface area contributed by atoms with Crippen LogP contribution < -0.4 is 0 Å². The Kier molecular flexibility index (Phi) is 1.29. The van der Waals surface area contributed by atoms with Crippen LogP contribution in [0.1, 0.15) is 5.69 Å². The van der Waals surface area contributed by atoms with Crippen molar-refractivity contribution in [3.8, 4) is 0 Å². The van der Waals surface area contributed by atoms with Gasteiger partial charge in [-0.3, -0.25) is 4.40 Å². The van der Waals surface area contributed by atoms with Crippen molar-refractivity contribution in [3.63, 3.8) is 0 Å². The molecule has 3 rings (SSSR count). The SMILES string of the molecule is Cc1cn2c3ccccc3n(C)c2n1. The van der Waals surface area contributed by atoms with Crippen molar-refractivity contribution >= 4 is 16.8 Å². The van der Waals surface area contributed by atoms with Gasteiger partial charge in [0.15, 0.2) is 0 Å². The van der Waals surface area contributed by atoms with Crippen LogP contribution in [0.15, 0.2) is 30.5 Å². The maximum atomic E-state index is 4.48. The highest BCUT2D eigenvalue weighted by Gasteiger charge is 2.08. The van der Waals surface area contributed by atoms with Gasteiger partial charge < -0.3 is 4.57 Å². The number of aromatic nitrogens is 3. The van der Waals surface area contributed by atoms with Crippen molar-refractivity contribution in [2.75, 3.05) is 0 Å². The standard InChI is InChI=1S/C11H11N3/c1-8-7-14-10-6-4-3-5-9(10)13(2)11(14)12-8/h3-7H,1-2H3. The molecule has 0 aliphatic rings. The monoisotopic (exact) mass is 185 g/mol. The van der Waals surface area contributed by atoms with Gasteiger partial charge in [0.05, 0.1) is 16.7 Å². The van der Waals surface area contributed by atoms with E-state index in [1.807, 2.05) is 14.0 Å². The van der Waals surface area contributed by atoms with Crippen LogP contribution in [0.5, 0.6) is 0 Å². The van der Waals surface area contributed by atoms with Crippen LogP contribution in [0.4, 0.5) is 0 Å². The first-order chi connectivity index (χ1) is 6.77. The number of imidazole rings is 2. The number of fused-ring (bicyclic) bond motifs is 3. The Balaban J connectivity index is 2.65. The van der Waals surface area contributed by atoms with E-state index in [1.165, 1.54) is 11.0 Å². The molecule has 2 aromatic heterocycles. The van der Waals surface area contributed by atoms with Gasteiger partial charge in [0.2, 0.25) is 5.78 Å². The second-order valence-corrected chi connectivity index (χ2v) is 3.60. The van der Waals surface area contributed by atoms with E-state index in [-0.39, 0.29) is 0 Å². The largest absolute Gasteiger partial charge is 0.313 e. The lowest BCUT2D eigenvalue weighted by Gasteiger charge is -1.92. The fraction of sp³-hybridized carbons (Fsp3) is 0.182. The average molecular weight is 185 g/mol. The Labute approximate surface area is 81.6 Å². The van der Waals surface area contributed by atoms with Gasteiger partial charge in [0, 0.05) is 13.2 Å². The van der Waals surface area contributed by atoms with Gasteiger partial charge in [0.1, 0.15) is 0 Å². The minimum Gasteiger partial charge on any atom is -0.313 e. The molecule has 0 saturated carbocycles. The first kappa shape index (κ1) is 7.62. The molecular formula is C11H11N3. The van der Waals surface area contributed by atoms with Crippen LogP contribution in [0, 0.1) is 6.92 Å².